The Morgan fingerprint density at radius 2 is 2.12 bits per heavy atom. The summed E-state index contributed by atoms with van der Waals surface area (Å²) in [4.78, 5) is 42.1. The summed E-state index contributed by atoms with van der Waals surface area (Å²) >= 11 is 5.88. The van der Waals surface area contributed by atoms with Crippen LogP contribution in [0.3, 0.4) is 0 Å². The van der Waals surface area contributed by atoms with Crippen molar-refractivity contribution in [2.45, 2.75) is 31.7 Å². The van der Waals surface area contributed by atoms with Crippen LogP contribution >= 0.6 is 11.6 Å². The summed E-state index contributed by atoms with van der Waals surface area (Å²) in [6.07, 6.45) is 7.08. The highest BCUT2D eigenvalue weighted by Gasteiger charge is 2.49. The second kappa shape index (κ2) is 7.67. The van der Waals surface area contributed by atoms with Gasteiger partial charge in [0.25, 0.3) is 17.4 Å². The van der Waals surface area contributed by atoms with Crippen molar-refractivity contribution in [3.63, 3.8) is 0 Å². The number of carbonyl (C=O) groups excluding carboxylic acids is 2. The first-order chi connectivity index (χ1) is 15.3. The lowest BCUT2D eigenvalue weighted by molar-refractivity contribution is 0.0685. The highest BCUT2D eigenvalue weighted by molar-refractivity contribution is 6.32. The normalized spacial score (nSPS) is 19.3. The average molecular weight is 456 g/mol. The van der Waals surface area contributed by atoms with E-state index in [1.54, 1.807) is 17.2 Å². The molecular formula is C22H22ClN5O4. The van der Waals surface area contributed by atoms with E-state index in [1.165, 1.54) is 28.9 Å². The maximum absolute atomic E-state index is 13.2. The fraction of sp³-hybridized carbons (Fsp3) is 0.364. The standard InChI is InChI=1S/C22H22ClN5O4/c23-15-3-2-13(8-18(15)29)21(32)27-12-22(4-1-5-22)10-14(27)11-25-19(30)16-9-17-20(31)24-6-7-28(17)26-16/h2-3,6-9,14,29H,1,4-5,10-12H2,(H,24,31)(H,25,30). The Hall–Kier alpha value is -3.33. The lowest BCUT2D eigenvalue weighted by atomic mass is 9.67. The number of aromatic amines is 1. The number of likely N-dealkylation sites (tertiary alicyclic amines) is 1. The number of rotatable bonds is 4. The van der Waals surface area contributed by atoms with Gasteiger partial charge in [0.05, 0.1) is 5.02 Å². The van der Waals surface area contributed by atoms with Gasteiger partial charge in [-0.25, -0.2) is 4.52 Å². The van der Waals surface area contributed by atoms with Crippen LogP contribution in [0.4, 0.5) is 0 Å². The number of aromatic nitrogens is 3. The third kappa shape index (κ3) is 3.52. The van der Waals surface area contributed by atoms with Crippen molar-refractivity contribution >= 4 is 28.9 Å². The molecule has 10 heteroatoms. The molecule has 1 aliphatic heterocycles. The van der Waals surface area contributed by atoms with E-state index in [1.807, 2.05) is 0 Å². The van der Waals surface area contributed by atoms with E-state index in [2.05, 4.69) is 15.4 Å². The Labute approximate surface area is 188 Å². The number of nitrogens with zero attached hydrogens (tertiary/aromatic N) is 3. The van der Waals surface area contributed by atoms with Crippen LogP contribution in [0.15, 0.2) is 41.5 Å². The number of H-pyrrole nitrogens is 1. The van der Waals surface area contributed by atoms with Crippen LogP contribution in [0.1, 0.15) is 46.5 Å². The molecule has 2 fully saturated rings. The lowest BCUT2D eigenvalue weighted by Crippen LogP contribution is -2.43. The number of halogens is 1. The van der Waals surface area contributed by atoms with Crippen molar-refractivity contribution < 1.29 is 14.7 Å². The maximum atomic E-state index is 13.2. The molecule has 0 bridgehead atoms. The van der Waals surface area contributed by atoms with E-state index in [9.17, 15) is 19.5 Å². The van der Waals surface area contributed by atoms with Crippen molar-refractivity contribution in [3.8, 4) is 5.75 Å². The highest BCUT2D eigenvalue weighted by Crippen LogP contribution is 2.50. The quantitative estimate of drug-likeness (QED) is 0.557. The molecule has 2 aromatic heterocycles. The molecule has 1 spiro atoms. The number of amides is 2. The Morgan fingerprint density at radius 1 is 1.31 bits per heavy atom. The number of hydrogen-bond acceptors (Lipinski definition) is 5. The Balaban J connectivity index is 1.33. The summed E-state index contributed by atoms with van der Waals surface area (Å²) in [6.45, 7) is 0.898. The molecule has 9 nitrogen and oxygen atoms in total. The first-order valence-electron chi connectivity index (χ1n) is 10.5. The zero-order chi connectivity index (χ0) is 22.5. The predicted molar refractivity (Wildman–Crippen MR) is 117 cm³/mol. The number of phenols is 1. The van der Waals surface area contributed by atoms with Crippen LogP contribution in [0.25, 0.3) is 5.52 Å². The lowest BCUT2D eigenvalue weighted by Gasteiger charge is -2.37. The molecule has 3 N–H and O–H groups in total. The minimum atomic E-state index is -0.404. The van der Waals surface area contributed by atoms with Crippen LogP contribution < -0.4 is 10.9 Å². The van der Waals surface area contributed by atoms with E-state index < -0.39 is 5.91 Å². The number of benzene rings is 1. The first-order valence-corrected chi connectivity index (χ1v) is 10.9. The summed E-state index contributed by atoms with van der Waals surface area (Å²) in [7, 11) is 0. The molecule has 3 heterocycles. The molecule has 1 saturated heterocycles. The minimum absolute atomic E-state index is 0.0932. The van der Waals surface area contributed by atoms with Gasteiger partial charge in [-0.15, -0.1) is 0 Å². The summed E-state index contributed by atoms with van der Waals surface area (Å²) in [5, 5.41) is 17.1. The number of carbonyl (C=O) groups is 2. The molecule has 1 saturated carbocycles. The average Bonchev–Trinajstić information content (AvgIpc) is 3.36. The van der Waals surface area contributed by atoms with E-state index >= 15 is 0 Å². The summed E-state index contributed by atoms with van der Waals surface area (Å²) in [5.74, 6) is -0.736. The molecule has 2 aliphatic rings. The predicted octanol–water partition coefficient (Wildman–Crippen LogP) is 2.20. The van der Waals surface area contributed by atoms with Crippen molar-refractivity contribution in [1.82, 2.24) is 24.8 Å². The van der Waals surface area contributed by atoms with E-state index in [-0.39, 0.29) is 51.5 Å². The first kappa shape index (κ1) is 20.6. The molecule has 1 unspecified atom stereocenters. The minimum Gasteiger partial charge on any atom is -0.506 e. The van der Waals surface area contributed by atoms with Crippen molar-refractivity contribution in [3.05, 3.63) is 63.3 Å². The van der Waals surface area contributed by atoms with Gasteiger partial charge in [0.15, 0.2) is 5.69 Å². The molecule has 32 heavy (non-hydrogen) atoms. The van der Waals surface area contributed by atoms with Crippen LogP contribution in [-0.4, -0.2) is 55.6 Å². The molecule has 1 aromatic carbocycles. The number of fused-ring (bicyclic) bond motifs is 1. The van der Waals surface area contributed by atoms with Crippen molar-refractivity contribution in [2.24, 2.45) is 5.41 Å². The van der Waals surface area contributed by atoms with E-state index in [0.29, 0.717) is 12.1 Å². The van der Waals surface area contributed by atoms with Gasteiger partial charge in [-0.05, 0) is 42.9 Å². The zero-order valence-corrected chi connectivity index (χ0v) is 17.9. The van der Waals surface area contributed by atoms with Crippen molar-refractivity contribution in [2.75, 3.05) is 13.1 Å². The van der Waals surface area contributed by atoms with Crippen LogP contribution in [0, 0.1) is 5.41 Å². The van der Waals surface area contributed by atoms with Crippen LogP contribution in [0.5, 0.6) is 5.75 Å². The fourth-order valence-corrected chi connectivity index (χ4v) is 4.90. The molecule has 1 aliphatic carbocycles. The Kier molecular flexibility index (Phi) is 4.93. The zero-order valence-electron chi connectivity index (χ0n) is 17.2. The third-order valence-electron chi connectivity index (χ3n) is 6.61. The number of aromatic hydroxyl groups is 1. The molecule has 3 aromatic rings. The smallest absolute Gasteiger partial charge is 0.273 e. The van der Waals surface area contributed by atoms with Gasteiger partial charge in [0.2, 0.25) is 0 Å². The maximum Gasteiger partial charge on any atom is 0.273 e. The molecule has 1 atom stereocenters. The number of phenolic OH excluding ortho intramolecular Hbond substituents is 1. The summed E-state index contributed by atoms with van der Waals surface area (Å²) < 4.78 is 1.36. The molecule has 2 amide bonds. The summed E-state index contributed by atoms with van der Waals surface area (Å²) in [5.41, 5.74) is 0.546. The molecule has 166 valence electrons. The monoisotopic (exact) mass is 455 g/mol. The van der Waals surface area contributed by atoms with Gasteiger partial charge >= 0.3 is 0 Å². The second-order valence-electron chi connectivity index (χ2n) is 8.67. The van der Waals surface area contributed by atoms with Gasteiger partial charge in [-0.1, -0.05) is 18.0 Å². The largest absolute Gasteiger partial charge is 0.506 e. The van der Waals surface area contributed by atoms with Gasteiger partial charge < -0.3 is 20.3 Å². The van der Waals surface area contributed by atoms with Gasteiger partial charge in [-0.3, -0.25) is 14.4 Å². The SMILES string of the molecule is O=C(NCC1CC2(CCC2)CN1C(=O)c1ccc(Cl)c(O)c1)c1cc2c(=O)[nH]ccn2n1. The molecule has 5 rings (SSSR count). The number of hydrogen-bond donors (Lipinski definition) is 3. The topological polar surface area (TPSA) is 120 Å². The van der Waals surface area contributed by atoms with Crippen LogP contribution in [0.2, 0.25) is 5.02 Å². The molecule has 0 radical (unpaired) electrons. The Morgan fingerprint density at radius 3 is 2.81 bits per heavy atom. The van der Waals surface area contributed by atoms with E-state index in [4.69, 9.17) is 11.6 Å². The summed E-state index contributed by atoms with van der Waals surface area (Å²) in [6, 6.07) is 5.74. The molecular weight excluding hydrogens is 434 g/mol. The van der Waals surface area contributed by atoms with Gasteiger partial charge in [-0.2, -0.15) is 5.10 Å². The van der Waals surface area contributed by atoms with Crippen molar-refractivity contribution in [1.29, 1.82) is 0 Å². The van der Waals surface area contributed by atoms with Gasteiger partial charge in [0, 0.05) is 43.2 Å². The second-order valence-corrected chi connectivity index (χ2v) is 9.08. The van der Waals surface area contributed by atoms with Gasteiger partial charge in [0.1, 0.15) is 11.3 Å². The Bertz CT molecular complexity index is 1280. The fourth-order valence-electron chi connectivity index (χ4n) is 4.78. The van der Waals surface area contributed by atoms with Crippen LogP contribution in [-0.2, 0) is 0 Å². The third-order valence-corrected chi connectivity index (χ3v) is 6.93. The van der Waals surface area contributed by atoms with E-state index in [0.717, 1.165) is 25.7 Å². The number of nitrogens with one attached hydrogen (secondary N) is 2. The highest BCUT2D eigenvalue weighted by atomic mass is 35.5.